The Hall–Kier alpha value is -1.54. The number of rotatable bonds is 7. The minimum atomic E-state index is -0.360. The third-order valence-corrected chi connectivity index (χ3v) is 4.37. The zero-order valence-electron chi connectivity index (χ0n) is 12.1. The summed E-state index contributed by atoms with van der Waals surface area (Å²) in [4.78, 5) is 11.7. The molecule has 0 radical (unpaired) electrons. The number of thioether (sulfide) groups is 1. The largest absolute Gasteiger partial charge is 0.468 e. The fourth-order valence-corrected chi connectivity index (χ4v) is 3.39. The van der Waals surface area contributed by atoms with Gasteiger partial charge in [0.2, 0.25) is 5.13 Å². The first-order chi connectivity index (χ1) is 10.1. The molecule has 0 aliphatic heterocycles. The molecule has 2 rings (SSSR count). The zero-order chi connectivity index (χ0) is 15.2. The van der Waals surface area contributed by atoms with Gasteiger partial charge >= 0.3 is 5.97 Å². The third-order valence-electron chi connectivity index (χ3n) is 2.39. The summed E-state index contributed by atoms with van der Waals surface area (Å²) >= 11 is 2.96. The van der Waals surface area contributed by atoms with Crippen LogP contribution in [0.5, 0.6) is 0 Å². The molecule has 2 aromatic heterocycles. The van der Waals surface area contributed by atoms with Crippen LogP contribution in [-0.4, -0.2) is 28.8 Å². The Morgan fingerprint density at radius 1 is 1.52 bits per heavy atom. The summed E-state index contributed by atoms with van der Waals surface area (Å²) in [7, 11) is 0. The minimum absolute atomic E-state index is 0.316. The molecule has 0 unspecified atom stereocenters. The van der Waals surface area contributed by atoms with Crippen molar-refractivity contribution in [1.82, 2.24) is 10.2 Å². The number of hydrogen-bond acceptors (Lipinski definition) is 8. The molecule has 6 nitrogen and oxygen atoms in total. The van der Waals surface area contributed by atoms with Gasteiger partial charge in [-0.3, -0.25) is 0 Å². The van der Waals surface area contributed by atoms with E-state index in [9.17, 15) is 4.79 Å². The SMILES string of the molecule is CCOC(=O)c1ccoc1CSc1nnc(NC(C)C)s1. The van der Waals surface area contributed by atoms with E-state index in [1.807, 2.05) is 13.8 Å². The number of nitrogens with one attached hydrogen (secondary N) is 1. The predicted molar refractivity (Wildman–Crippen MR) is 82.9 cm³/mol. The molecule has 1 N–H and O–H groups in total. The van der Waals surface area contributed by atoms with Crippen LogP contribution in [0.1, 0.15) is 36.9 Å². The van der Waals surface area contributed by atoms with Crippen LogP contribution < -0.4 is 5.32 Å². The number of carbonyl (C=O) groups excluding carboxylic acids is 1. The van der Waals surface area contributed by atoms with E-state index < -0.39 is 0 Å². The van der Waals surface area contributed by atoms with Crippen LogP contribution in [0.4, 0.5) is 5.13 Å². The second-order valence-corrected chi connectivity index (χ2v) is 6.64. The molecular formula is C13H17N3O3S2. The van der Waals surface area contributed by atoms with Crippen LogP contribution in [0.2, 0.25) is 0 Å². The van der Waals surface area contributed by atoms with Crippen molar-refractivity contribution in [2.45, 2.75) is 36.9 Å². The van der Waals surface area contributed by atoms with Gasteiger partial charge in [0, 0.05) is 6.04 Å². The maximum Gasteiger partial charge on any atom is 0.341 e. The monoisotopic (exact) mass is 327 g/mol. The molecule has 21 heavy (non-hydrogen) atoms. The summed E-state index contributed by atoms with van der Waals surface area (Å²) in [5.41, 5.74) is 0.467. The second-order valence-electron chi connectivity index (χ2n) is 4.44. The highest BCUT2D eigenvalue weighted by Crippen LogP contribution is 2.30. The Labute approximate surface area is 131 Å². The van der Waals surface area contributed by atoms with Crippen LogP contribution >= 0.6 is 23.1 Å². The number of carbonyl (C=O) groups is 1. The predicted octanol–water partition coefficient (Wildman–Crippen LogP) is 3.42. The molecule has 0 aliphatic rings. The number of esters is 1. The van der Waals surface area contributed by atoms with E-state index in [0.29, 0.717) is 29.7 Å². The van der Waals surface area contributed by atoms with E-state index in [2.05, 4.69) is 15.5 Å². The molecule has 0 saturated heterocycles. The lowest BCUT2D eigenvalue weighted by molar-refractivity contribution is 0.0524. The molecule has 0 bridgehead atoms. The van der Waals surface area contributed by atoms with Crippen LogP contribution in [0.25, 0.3) is 0 Å². The number of hydrogen-bond donors (Lipinski definition) is 1. The highest BCUT2D eigenvalue weighted by Gasteiger charge is 2.16. The van der Waals surface area contributed by atoms with E-state index in [4.69, 9.17) is 9.15 Å². The standard InChI is InChI=1S/C13H17N3O3S2/c1-4-18-11(17)9-5-6-19-10(9)7-20-13-16-15-12(21-13)14-8(2)3/h5-6,8H,4,7H2,1-3H3,(H,14,15). The summed E-state index contributed by atoms with van der Waals surface area (Å²) in [6.07, 6.45) is 1.49. The van der Waals surface area contributed by atoms with Gasteiger partial charge in [-0.15, -0.1) is 10.2 Å². The minimum Gasteiger partial charge on any atom is -0.468 e. The van der Waals surface area contributed by atoms with Crippen LogP contribution in [-0.2, 0) is 10.5 Å². The summed E-state index contributed by atoms with van der Waals surface area (Å²) in [6.45, 7) is 6.21. The summed E-state index contributed by atoms with van der Waals surface area (Å²) in [5, 5.41) is 12.1. The molecular weight excluding hydrogens is 310 g/mol. The number of nitrogens with zero attached hydrogens (tertiary/aromatic N) is 2. The Morgan fingerprint density at radius 3 is 3.05 bits per heavy atom. The maximum absolute atomic E-state index is 11.7. The average molecular weight is 327 g/mol. The van der Waals surface area contributed by atoms with Gasteiger partial charge in [0.15, 0.2) is 4.34 Å². The number of ether oxygens (including phenoxy) is 1. The normalized spacial score (nSPS) is 10.9. The molecule has 0 aliphatic carbocycles. The lowest BCUT2D eigenvalue weighted by Crippen LogP contribution is -2.08. The highest BCUT2D eigenvalue weighted by molar-refractivity contribution is 8.00. The molecule has 0 atom stereocenters. The van der Waals surface area contributed by atoms with E-state index in [0.717, 1.165) is 9.47 Å². The first kappa shape index (κ1) is 15.8. The molecule has 114 valence electrons. The molecule has 2 heterocycles. The van der Waals surface area contributed by atoms with Gasteiger partial charge in [-0.1, -0.05) is 23.1 Å². The van der Waals surface area contributed by atoms with Gasteiger partial charge in [0.05, 0.1) is 18.6 Å². The molecule has 0 spiro atoms. The van der Waals surface area contributed by atoms with E-state index >= 15 is 0 Å². The van der Waals surface area contributed by atoms with Crippen molar-refractivity contribution in [2.75, 3.05) is 11.9 Å². The maximum atomic E-state index is 11.7. The topological polar surface area (TPSA) is 77.2 Å². The van der Waals surface area contributed by atoms with Crippen molar-refractivity contribution in [3.05, 3.63) is 23.7 Å². The molecule has 2 aromatic rings. The van der Waals surface area contributed by atoms with E-state index in [-0.39, 0.29) is 5.97 Å². The van der Waals surface area contributed by atoms with Crippen LogP contribution in [0.3, 0.4) is 0 Å². The fraction of sp³-hybridized carbons (Fsp3) is 0.462. The Bertz CT molecular complexity index is 595. The first-order valence-electron chi connectivity index (χ1n) is 6.56. The van der Waals surface area contributed by atoms with Crippen molar-refractivity contribution < 1.29 is 13.9 Å². The van der Waals surface area contributed by atoms with Gasteiger partial charge < -0.3 is 14.5 Å². The van der Waals surface area contributed by atoms with Gasteiger partial charge in [-0.05, 0) is 26.8 Å². The summed E-state index contributed by atoms with van der Waals surface area (Å²) in [5.74, 6) is 0.741. The van der Waals surface area contributed by atoms with Crippen molar-refractivity contribution in [3.8, 4) is 0 Å². The van der Waals surface area contributed by atoms with Crippen molar-refractivity contribution in [2.24, 2.45) is 0 Å². The molecule has 8 heteroatoms. The lowest BCUT2D eigenvalue weighted by atomic mass is 10.3. The van der Waals surface area contributed by atoms with Crippen molar-refractivity contribution in [3.63, 3.8) is 0 Å². The number of anilines is 1. The van der Waals surface area contributed by atoms with Gasteiger partial charge in [-0.2, -0.15) is 0 Å². The van der Waals surface area contributed by atoms with Crippen LogP contribution in [0, 0.1) is 0 Å². The third kappa shape index (κ3) is 4.47. The molecule has 0 fully saturated rings. The average Bonchev–Trinajstić information content (AvgIpc) is 3.04. The summed E-state index contributed by atoms with van der Waals surface area (Å²) in [6, 6.07) is 1.94. The van der Waals surface area contributed by atoms with Gasteiger partial charge in [-0.25, -0.2) is 4.79 Å². The summed E-state index contributed by atoms with van der Waals surface area (Å²) < 4.78 is 11.2. The van der Waals surface area contributed by atoms with Crippen LogP contribution in [0.15, 0.2) is 21.1 Å². The van der Waals surface area contributed by atoms with Gasteiger partial charge in [0.25, 0.3) is 0 Å². The van der Waals surface area contributed by atoms with Crippen molar-refractivity contribution >= 4 is 34.2 Å². The van der Waals surface area contributed by atoms with E-state index in [1.54, 1.807) is 13.0 Å². The second kappa shape index (κ2) is 7.46. The van der Waals surface area contributed by atoms with E-state index in [1.165, 1.54) is 29.4 Å². The highest BCUT2D eigenvalue weighted by atomic mass is 32.2. The zero-order valence-corrected chi connectivity index (χ0v) is 13.7. The van der Waals surface area contributed by atoms with Gasteiger partial charge in [0.1, 0.15) is 11.3 Å². The van der Waals surface area contributed by atoms with Crippen molar-refractivity contribution in [1.29, 1.82) is 0 Å². The quantitative estimate of drug-likeness (QED) is 0.616. The smallest absolute Gasteiger partial charge is 0.341 e. The first-order valence-corrected chi connectivity index (χ1v) is 8.36. The lowest BCUT2D eigenvalue weighted by Gasteiger charge is -2.03. The Morgan fingerprint density at radius 2 is 2.33 bits per heavy atom. The number of furan rings is 1. The Balaban J connectivity index is 1.95. The molecule has 0 saturated carbocycles. The molecule has 0 amide bonds. The number of aromatic nitrogens is 2. The molecule has 0 aromatic carbocycles. The Kier molecular flexibility index (Phi) is 5.63. The fourth-order valence-electron chi connectivity index (χ4n) is 1.54.